The van der Waals surface area contributed by atoms with E-state index in [0.717, 1.165) is 12.1 Å². The van der Waals surface area contributed by atoms with E-state index in [1.807, 2.05) is 0 Å². The van der Waals surface area contributed by atoms with Gasteiger partial charge in [0.2, 0.25) is 0 Å². The number of nitrogens with zero attached hydrogens (tertiary/aromatic N) is 3. The summed E-state index contributed by atoms with van der Waals surface area (Å²) >= 11 is 5.91. The molecule has 0 bridgehead atoms. The Morgan fingerprint density at radius 3 is 2.50 bits per heavy atom. The van der Waals surface area contributed by atoms with Crippen LogP contribution < -0.4 is 0 Å². The summed E-state index contributed by atoms with van der Waals surface area (Å²) in [5.41, 5.74) is 0.715. The molecule has 3 aromatic rings. The highest BCUT2D eigenvalue weighted by atomic mass is 35.5. The first-order valence-corrected chi connectivity index (χ1v) is 9.26. The molecule has 1 aliphatic heterocycles. The van der Waals surface area contributed by atoms with Gasteiger partial charge >= 0.3 is 6.18 Å². The smallest absolute Gasteiger partial charge is 0.308 e. The largest absolute Gasteiger partial charge is 0.417 e. The molecule has 154 valence electrons. The molecule has 0 fully saturated rings. The van der Waals surface area contributed by atoms with Crippen LogP contribution in [-0.4, -0.2) is 20.6 Å². The van der Waals surface area contributed by atoms with Crippen molar-refractivity contribution in [2.45, 2.75) is 19.1 Å². The Balaban J connectivity index is 1.69. The van der Waals surface area contributed by atoms with Crippen molar-refractivity contribution in [3.8, 4) is 5.69 Å². The fraction of sp³-hybridized carbons (Fsp3) is 0.143. The third-order valence-corrected chi connectivity index (χ3v) is 5.34. The van der Waals surface area contributed by atoms with Gasteiger partial charge in [0.05, 0.1) is 39.8 Å². The molecular weight excluding hydrogens is 422 g/mol. The summed E-state index contributed by atoms with van der Waals surface area (Å²) in [6.07, 6.45) is 0.0137. The average Bonchev–Trinajstić information content (AvgIpc) is 3.13. The second-order valence-electron chi connectivity index (χ2n) is 6.74. The molecule has 2 aromatic carbocycles. The molecule has 0 saturated heterocycles. The van der Waals surface area contributed by atoms with Crippen LogP contribution in [0.3, 0.4) is 0 Å². The lowest BCUT2D eigenvalue weighted by atomic mass is 10.0. The van der Waals surface area contributed by atoms with Crippen molar-refractivity contribution in [3.63, 3.8) is 0 Å². The number of benzene rings is 2. The third-order valence-electron chi connectivity index (χ3n) is 4.94. The monoisotopic (exact) mass is 435 g/mol. The van der Waals surface area contributed by atoms with Crippen LogP contribution in [-0.2, 0) is 6.18 Å². The van der Waals surface area contributed by atoms with Crippen LogP contribution in [0.2, 0.25) is 5.02 Å². The molecule has 1 aliphatic rings. The normalized spacial score (nSPS) is 15.9. The zero-order valence-electron chi connectivity index (χ0n) is 15.5. The molecule has 4 rings (SSSR count). The van der Waals surface area contributed by atoms with Gasteiger partial charge in [0.25, 0.3) is 5.91 Å². The maximum atomic E-state index is 13.2. The van der Waals surface area contributed by atoms with Crippen molar-refractivity contribution in [1.82, 2.24) is 14.7 Å². The van der Waals surface area contributed by atoms with Gasteiger partial charge in [-0.2, -0.15) is 18.3 Å². The van der Waals surface area contributed by atoms with Gasteiger partial charge in [-0.25, -0.2) is 9.07 Å². The van der Waals surface area contributed by atoms with E-state index >= 15 is 0 Å². The van der Waals surface area contributed by atoms with Gasteiger partial charge in [0, 0.05) is 11.8 Å². The minimum atomic E-state index is -4.67. The highest BCUT2D eigenvalue weighted by Crippen LogP contribution is 2.38. The van der Waals surface area contributed by atoms with Gasteiger partial charge in [-0.3, -0.25) is 4.79 Å². The molecule has 1 atom stereocenters. The number of rotatable bonds is 2. The number of amides is 1. The Morgan fingerprint density at radius 2 is 1.83 bits per heavy atom. The van der Waals surface area contributed by atoms with E-state index in [4.69, 9.17) is 11.6 Å². The lowest BCUT2D eigenvalue weighted by molar-refractivity contribution is -0.137. The summed E-state index contributed by atoms with van der Waals surface area (Å²) in [5, 5.41) is 3.67. The maximum Gasteiger partial charge on any atom is 0.417 e. The summed E-state index contributed by atoms with van der Waals surface area (Å²) in [7, 11) is 0. The predicted molar refractivity (Wildman–Crippen MR) is 104 cm³/mol. The van der Waals surface area contributed by atoms with Crippen molar-refractivity contribution in [1.29, 1.82) is 0 Å². The van der Waals surface area contributed by atoms with Gasteiger partial charge in [0.1, 0.15) is 5.82 Å². The molecular formula is C21H14ClF4N3O. The highest BCUT2D eigenvalue weighted by molar-refractivity contribution is 6.34. The lowest BCUT2D eigenvalue weighted by Gasteiger charge is -2.29. The molecule has 9 heteroatoms. The van der Waals surface area contributed by atoms with Gasteiger partial charge in [-0.15, -0.1) is 0 Å². The van der Waals surface area contributed by atoms with Gasteiger partial charge in [-0.05, 0) is 49.4 Å². The van der Waals surface area contributed by atoms with Gasteiger partial charge in [0.15, 0.2) is 0 Å². The number of halogens is 5. The molecule has 1 amide bonds. The van der Waals surface area contributed by atoms with E-state index in [9.17, 15) is 22.4 Å². The molecule has 0 saturated carbocycles. The quantitative estimate of drug-likeness (QED) is 0.472. The second kappa shape index (κ2) is 7.28. The van der Waals surface area contributed by atoms with Crippen LogP contribution in [0.4, 0.5) is 17.6 Å². The molecule has 2 heterocycles. The van der Waals surface area contributed by atoms with Gasteiger partial charge < -0.3 is 4.90 Å². The van der Waals surface area contributed by atoms with Crippen molar-refractivity contribution >= 4 is 23.6 Å². The SMILES string of the molecule is CC1c2cnn(-c3ccc(F)cc3)c2C=CN1C(=O)c1cccc(C(F)(F)F)c1Cl. The van der Waals surface area contributed by atoms with E-state index in [0.29, 0.717) is 16.9 Å². The lowest BCUT2D eigenvalue weighted by Crippen LogP contribution is -2.31. The summed E-state index contributed by atoms with van der Waals surface area (Å²) in [4.78, 5) is 14.3. The van der Waals surface area contributed by atoms with E-state index in [-0.39, 0.29) is 11.4 Å². The Labute approximate surface area is 174 Å². The Morgan fingerprint density at radius 1 is 1.13 bits per heavy atom. The van der Waals surface area contributed by atoms with Crippen LogP contribution in [0.5, 0.6) is 0 Å². The van der Waals surface area contributed by atoms with Crippen LogP contribution >= 0.6 is 11.6 Å². The molecule has 30 heavy (non-hydrogen) atoms. The van der Waals surface area contributed by atoms with Crippen molar-refractivity contribution in [2.24, 2.45) is 0 Å². The first-order valence-electron chi connectivity index (χ1n) is 8.89. The number of aromatic nitrogens is 2. The average molecular weight is 436 g/mol. The predicted octanol–water partition coefficient (Wildman–Crippen LogP) is 5.87. The number of carbonyl (C=O) groups is 1. The van der Waals surface area contributed by atoms with Crippen molar-refractivity contribution in [2.75, 3.05) is 0 Å². The fourth-order valence-corrected chi connectivity index (χ4v) is 3.69. The molecule has 0 spiro atoms. The number of fused-ring (bicyclic) bond motifs is 1. The summed E-state index contributed by atoms with van der Waals surface area (Å²) in [5.74, 6) is -1.03. The van der Waals surface area contributed by atoms with Crippen LogP contribution in [0.25, 0.3) is 11.8 Å². The second-order valence-corrected chi connectivity index (χ2v) is 7.12. The Hall–Kier alpha value is -3.13. The number of hydrogen-bond donors (Lipinski definition) is 0. The fourth-order valence-electron chi connectivity index (χ4n) is 3.38. The third kappa shape index (κ3) is 3.37. The Kier molecular flexibility index (Phi) is 4.89. The zero-order chi connectivity index (χ0) is 21.6. The molecule has 0 N–H and O–H groups in total. The zero-order valence-corrected chi connectivity index (χ0v) is 16.2. The van der Waals surface area contributed by atoms with Crippen molar-refractivity contribution in [3.05, 3.63) is 88.1 Å². The van der Waals surface area contributed by atoms with E-state index < -0.39 is 28.7 Å². The minimum absolute atomic E-state index is 0.239. The maximum absolute atomic E-state index is 13.2. The minimum Gasteiger partial charge on any atom is -0.308 e. The standard InChI is InChI=1S/C21H14ClF4N3O/c1-12-16-11-27-29(14-7-5-13(23)6-8-14)18(16)9-10-28(12)20(30)15-3-2-4-17(19(15)22)21(24,25)26/h2-12H,1H3. The first kappa shape index (κ1) is 20.2. The summed E-state index contributed by atoms with van der Waals surface area (Å²) in [6.45, 7) is 1.73. The first-order chi connectivity index (χ1) is 14.2. The highest BCUT2D eigenvalue weighted by Gasteiger charge is 2.36. The van der Waals surface area contributed by atoms with Crippen LogP contribution in [0.1, 0.15) is 40.1 Å². The summed E-state index contributed by atoms with van der Waals surface area (Å²) < 4.78 is 54.2. The van der Waals surface area contributed by atoms with Crippen LogP contribution in [0.15, 0.2) is 54.9 Å². The molecule has 1 unspecified atom stereocenters. The van der Waals surface area contributed by atoms with Crippen LogP contribution in [0, 0.1) is 5.82 Å². The topological polar surface area (TPSA) is 38.1 Å². The summed E-state index contributed by atoms with van der Waals surface area (Å²) in [6, 6.07) is 8.50. The van der Waals surface area contributed by atoms with E-state index in [1.54, 1.807) is 36.0 Å². The molecule has 1 aromatic heterocycles. The Bertz CT molecular complexity index is 1150. The molecule has 4 nitrogen and oxygen atoms in total. The number of hydrogen-bond acceptors (Lipinski definition) is 2. The van der Waals surface area contributed by atoms with Gasteiger partial charge in [-0.1, -0.05) is 17.7 Å². The number of alkyl halides is 3. The van der Waals surface area contributed by atoms with E-state index in [2.05, 4.69) is 5.10 Å². The van der Waals surface area contributed by atoms with Crippen molar-refractivity contribution < 1.29 is 22.4 Å². The number of carbonyl (C=O) groups excluding carboxylic acids is 1. The molecule has 0 radical (unpaired) electrons. The van der Waals surface area contributed by atoms with E-state index in [1.165, 1.54) is 29.3 Å². The molecule has 0 aliphatic carbocycles.